The van der Waals surface area contributed by atoms with E-state index in [1.54, 1.807) is 6.07 Å². The van der Waals surface area contributed by atoms with Gasteiger partial charge < -0.3 is 15.3 Å². The number of nitrogens with zero attached hydrogens (tertiary/aromatic N) is 2. The summed E-state index contributed by atoms with van der Waals surface area (Å²) in [5.74, 6) is -1.47. The van der Waals surface area contributed by atoms with Crippen LogP contribution in [0, 0.1) is 23.6 Å². The zero-order valence-electron chi connectivity index (χ0n) is 26.6. The van der Waals surface area contributed by atoms with Gasteiger partial charge in [0.2, 0.25) is 5.91 Å². The number of carbonyl (C=O) groups excluding carboxylic acids is 1. The summed E-state index contributed by atoms with van der Waals surface area (Å²) in [6.45, 7) is 2.71. The second kappa shape index (κ2) is 15.1. The lowest BCUT2D eigenvalue weighted by Crippen LogP contribution is -2.46. The van der Waals surface area contributed by atoms with Gasteiger partial charge in [0, 0.05) is 38.5 Å². The molecule has 0 spiro atoms. The number of alkyl halides is 6. The van der Waals surface area contributed by atoms with E-state index in [9.17, 15) is 45.4 Å². The molecule has 1 aliphatic carbocycles. The van der Waals surface area contributed by atoms with E-state index in [0.29, 0.717) is 57.7 Å². The number of amides is 1. The largest absolute Gasteiger partial charge is 0.480 e. The Bertz CT molecular complexity index is 1390. The van der Waals surface area contributed by atoms with E-state index in [1.807, 2.05) is 6.07 Å². The van der Waals surface area contributed by atoms with Gasteiger partial charge in [-0.2, -0.15) is 26.3 Å². The normalized spacial score (nSPS) is 22.9. The van der Waals surface area contributed by atoms with Crippen LogP contribution in [-0.4, -0.2) is 65.5 Å². The van der Waals surface area contributed by atoms with Gasteiger partial charge >= 0.3 is 18.3 Å². The summed E-state index contributed by atoms with van der Waals surface area (Å²) >= 11 is 0. The van der Waals surface area contributed by atoms with Crippen LogP contribution in [0.15, 0.2) is 42.5 Å². The molecule has 2 N–H and O–H groups in total. The molecular weight excluding hydrogens is 643 g/mol. The summed E-state index contributed by atoms with van der Waals surface area (Å²) in [6, 6.07) is 7.22. The quantitative estimate of drug-likeness (QED) is 0.257. The molecule has 48 heavy (non-hydrogen) atoms. The number of aliphatic carboxylic acids is 1. The Balaban J connectivity index is 1.17. The molecule has 2 aliphatic heterocycles. The second-order valence-corrected chi connectivity index (χ2v) is 13.7. The molecule has 6 nitrogen and oxygen atoms in total. The van der Waals surface area contributed by atoms with Crippen LogP contribution >= 0.6 is 0 Å². The number of benzene rings is 2. The van der Waals surface area contributed by atoms with Crippen LogP contribution in [0.25, 0.3) is 0 Å². The van der Waals surface area contributed by atoms with Gasteiger partial charge in [-0.3, -0.25) is 14.5 Å². The van der Waals surface area contributed by atoms with Crippen molar-refractivity contribution in [2.45, 2.75) is 82.2 Å². The molecule has 2 heterocycles. The minimum Gasteiger partial charge on any atom is -0.480 e. The van der Waals surface area contributed by atoms with Gasteiger partial charge in [-0.15, -0.1) is 0 Å². The summed E-state index contributed by atoms with van der Waals surface area (Å²) in [5, 5.41) is 12.7. The molecule has 13 heteroatoms. The molecule has 264 valence electrons. The fourth-order valence-corrected chi connectivity index (χ4v) is 7.90. The van der Waals surface area contributed by atoms with Gasteiger partial charge in [-0.1, -0.05) is 31.4 Å². The Morgan fingerprint density at radius 2 is 1.52 bits per heavy atom. The number of rotatable bonds is 10. The molecular formula is C35H42F7N3O3. The van der Waals surface area contributed by atoms with Crippen molar-refractivity contribution >= 4 is 11.9 Å². The highest BCUT2D eigenvalue weighted by Crippen LogP contribution is 2.39. The van der Waals surface area contributed by atoms with E-state index >= 15 is 0 Å². The number of nitrogens with one attached hydrogen (secondary N) is 1. The van der Waals surface area contributed by atoms with E-state index < -0.39 is 47.9 Å². The summed E-state index contributed by atoms with van der Waals surface area (Å²) in [7, 11) is 0. The SMILES string of the molecule is O=C(CC1CCN(C[C@H]2CN([C@@H](C(=O)O)C3CCCCC3)C[C@@H]2c2cccc(F)c2)CC1)NCc1cc(C(F)(F)F)cc(C(F)(F)F)c1. The lowest BCUT2D eigenvalue weighted by Gasteiger charge is -2.35. The average Bonchev–Trinajstić information content (AvgIpc) is 3.43. The van der Waals surface area contributed by atoms with Gasteiger partial charge in [0.05, 0.1) is 11.1 Å². The minimum absolute atomic E-state index is 0.00437. The standard InChI is InChI=1S/C35H42F7N3O3/c36-29-8-4-7-25(16-29)30-21-45(32(33(47)48)24-5-2-1-3-6-24)20-26(30)19-44-11-9-22(10-12-44)15-31(46)43-18-23-13-27(34(37,38)39)17-28(14-23)35(40,41)42/h4,7-8,13-14,16-17,22,24,26,30,32H,1-3,5-6,9-12,15,18-21H2,(H,43,46)(H,47,48)/t26-,30+,32+/m0/s1. The number of likely N-dealkylation sites (tertiary alicyclic amines) is 2. The summed E-state index contributed by atoms with van der Waals surface area (Å²) in [5.41, 5.74) is -2.28. The highest BCUT2D eigenvalue weighted by molar-refractivity contribution is 5.76. The zero-order chi connectivity index (χ0) is 34.6. The highest BCUT2D eigenvalue weighted by Gasteiger charge is 2.43. The zero-order valence-corrected chi connectivity index (χ0v) is 26.6. The van der Waals surface area contributed by atoms with Crippen LogP contribution in [0.1, 0.15) is 79.5 Å². The fourth-order valence-electron chi connectivity index (χ4n) is 7.90. The maximum atomic E-state index is 14.3. The third kappa shape index (κ3) is 9.28. The maximum absolute atomic E-state index is 14.3. The number of carbonyl (C=O) groups is 2. The lowest BCUT2D eigenvalue weighted by molar-refractivity contribution is -0.146. The lowest BCUT2D eigenvalue weighted by atomic mass is 9.83. The molecule has 3 atom stereocenters. The third-order valence-electron chi connectivity index (χ3n) is 10.3. The molecule has 1 amide bonds. The monoisotopic (exact) mass is 685 g/mol. The number of hydrogen-bond acceptors (Lipinski definition) is 4. The van der Waals surface area contributed by atoms with Gasteiger partial charge in [0.15, 0.2) is 0 Å². The molecule has 5 rings (SSSR count). The van der Waals surface area contributed by atoms with E-state index in [-0.39, 0.29) is 47.5 Å². The minimum atomic E-state index is -4.96. The second-order valence-electron chi connectivity index (χ2n) is 13.7. The van der Waals surface area contributed by atoms with Crippen molar-refractivity contribution in [2.75, 3.05) is 32.7 Å². The van der Waals surface area contributed by atoms with Crippen LogP contribution in [0.2, 0.25) is 0 Å². The molecule has 0 aromatic heterocycles. The Labute approximate surface area is 275 Å². The molecule has 2 aromatic carbocycles. The topological polar surface area (TPSA) is 72.9 Å². The van der Waals surface area contributed by atoms with Crippen molar-refractivity contribution in [3.05, 3.63) is 70.5 Å². The molecule has 0 bridgehead atoms. The van der Waals surface area contributed by atoms with Crippen molar-refractivity contribution in [2.24, 2.45) is 17.8 Å². The van der Waals surface area contributed by atoms with Crippen molar-refractivity contribution in [1.29, 1.82) is 0 Å². The van der Waals surface area contributed by atoms with E-state index in [4.69, 9.17) is 0 Å². The summed E-state index contributed by atoms with van der Waals surface area (Å²) in [4.78, 5) is 29.5. The Kier molecular flexibility index (Phi) is 11.4. The number of carboxylic acid groups (broad SMARTS) is 1. The fraction of sp³-hybridized carbons (Fsp3) is 0.600. The van der Waals surface area contributed by atoms with Crippen molar-refractivity contribution in [1.82, 2.24) is 15.1 Å². The molecule has 3 fully saturated rings. The number of carboxylic acids is 1. The van der Waals surface area contributed by atoms with Gasteiger partial charge in [-0.05, 0) is 98.0 Å². The maximum Gasteiger partial charge on any atom is 0.416 e. The van der Waals surface area contributed by atoms with E-state index in [1.165, 1.54) is 12.1 Å². The Morgan fingerprint density at radius 1 is 0.875 bits per heavy atom. The Hall–Kier alpha value is -3.19. The van der Waals surface area contributed by atoms with Crippen LogP contribution in [-0.2, 0) is 28.5 Å². The van der Waals surface area contributed by atoms with Crippen LogP contribution in [0.4, 0.5) is 30.7 Å². The molecule has 0 unspecified atom stereocenters. The first-order valence-corrected chi connectivity index (χ1v) is 16.7. The number of halogens is 7. The molecule has 0 radical (unpaired) electrons. The van der Waals surface area contributed by atoms with E-state index in [0.717, 1.165) is 37.7 Å². The highest BCUT2D eigenvalue weighted by atomic mass is 19.4. The van der Waals surface area contributed by atoms with Crippen LogP contribution < -0.4 is 5.32 Å². The molecule has 2 aromatic rings. The van der Waals surface area contributed by atoms with Crippen LogP contribution in [0.5, 0.6) is 0 Å². The average molecular weight is 686 g/mol. The van der Waals surface area contributed by atoms with Crippen LogP contribution in [0.3, 0.4) is 0 Å². The molecule has 1 saturated carbocycles. The smallest absolute Gasteiger partial charge is 0.416 e. The third-order valence-corrected chi connectivity index (χ3v) is 10.3. The molecule has 3 aliphatic rings. The van der Waals surface area contributed by atoms with Crippen molar-refractivity contribution in [3.8, 4) is 0 Å². The van der Waals surface area contributed by atoms with Crippen molar-refractivity contribution in [3.63, 3.8) is 0 Å². The molecule has 2 saturated heterocycles. The predicted octanol–water partition coefficient (Wildman–Crippen LogP) is 7.33. The first-order valence-electron chi connectivity index (χ1n) is 16.7. The van der Waals surface area contributed by atoms with Crippen molar-refractivity contribution < 1.29 is 45.4 Å². The number of piperidine rings is 1. The summed E-state index contributed by atoms with van der Waals surface area (Å²) in [6.07, 6.45) is -3.53. The predicted molar refractivity (Wildman–Crippen MR) is 164 cm³/mol. The first kappa shape index (κ1) is 36.1. The van der Waals surface area contributed by atoms with Gasteiger partial charge in [-0.25, -0.2) is 4.39 Å². The van der Waals surface area contributed by atoms with Gasteiger partial charge in [0.1, 0.15) is 11.9 Å². The summed E-state index contributed by atoms with van der Waals surface area (Å²) < 4.78 is 93.4. The Morgan fingerprint density at radius 3 is 2.10 bits per heavy atom. The van der Waals surface area contributed by atoms with E-state index in [2.05, 4.69) is 15.1 Å². The number of hydrogen-bond donors (Lipinski definition) is 2. The van der Waals surface area contributed by atoms with Gasteiger partial charge in [0.25, 0.3) is 0 Å². The first-order chi connectivity index (χ1) is 22.7.